The van der Waals surface area contributed by atoms with E-state index in [-0.39, 0.29) is 24.8 Å². The molecule has 1 aromatic heterocycles. The summed E-state index contributed by atoms with van der Waals surface area (Å²) in [6.07, 6.45) is 0.443. The van der Waals surface area contributed by atoms with Gasteiger partial charge in [0.2, 0.25) is 0 Å². The number of aliphatic carboxylic acids is 1. The van der Waals surface area contributed by atoms with E-state index < -0.39 is 11.4 Å². The number of furan rings is 1. The lowest BCUT2D eigenvalue weighted by atomic mass is 9.90. The molecule has 3 rings (SSSR count). The zero-order valence-corrected chi connectivity index (χ0v) is 13.4. The first-order chi connectivity index (χ1) is 11.5. The first-order valence-corrected chi connectivity index (χ1v) is 7.77. The van der Waals surface area contributed by atoms with Gasteiger partial charge in [-0.05, 0) is 37.6 Å². The van der Waals surface area contributed by atoms with Crippen LogP contribution in [-0.4, -0.2) is 35.0 Å². The molecule has 24 heavy (non-hydrogen) atoms. The minimum Gasteiger partial charge on any atom is -0.486 e. The Kier molecular flexibility index (Phi) is 4.29. The lowest BCUT2D eigenvalue weighted by Gasteiger charge is -2.19. The Balaban J connectivity index is 1.61. The van der Waals surface area contributed by atoms with E-state index >= 15 is 0 Å². The van der Waals surface area contributed by atoms with E-state index in [1.165, 1.54) is 4.90 Å². The Morgan fingerprint density at radius 3 is 2.67 bits per heavy atom. The Hall–Kier alpha value is -2.76. The van der Waals surface area contributed by atoms with E-state index in [0.29, 0.717) is 18.7 Å². The molecule has 6 nitrogen and oxygen atoms in total. The summed E-state index contributed by atoms with van der Waals surface area (Å²) in [5, 5.41) is 9.25. The number of carbonyl (C=O) groups excluding carboxylic acids is 1. The predicted molar refractivity (Wildman–Crippen MR) is 85.7 cm³/mol. The molecule has 1 fully saturated rings. The SMILES string of the molecule is C[C@@]1(C(=O)O)CCN(C(=O)c2ccc(COc3ccccc3)o2)C1. The predicted octanol–water partition coefficient (Wildman–Crippen LogP) is 2.80. The summed E-state index contributed by atoms with van der Waals surface area (Å²) in [4.78, 5) is 25.2. The fourth-order valence-corrected chi connectivity index (χ4v) is 2.71. The summed E-state index contributed by atoms with van der Waals surface area (Å²) in [5.41, 5.74) is -0.887. The summed E-state index contributed by atoms with van der Waals surface area (Å²) in [7, 11) is 0. The Morgan fingerprint density at radius 2 is 2.00 bits per heavy atom. The molecule has 0 bridgehead atoms. The number of hydrogen-bond donors (Lipinski definition) is 1. The number of carboxylic acid groups (broad SMARTS) is 1. The standard InChI is InChI=1S/C18H19NO5/c1-18(17(21)22)9-10-19(12-18)16(20)15-8-7-14(24-15)11-23-13-5-3-2-4-6-13/h2-8H,9-12H2,1H3,(H,21,22)/t18-/m1/s1. The number of carboxylic acids is 1. The van der Waals surface area contributed by atoms with Crippen LogP contribution in [-0.2, 0) is 11.4 Å². The monoisotopic (exact) mass is 329 g/mol. The van der Waals surface area contributed by atoms with Crippen LogP contribution < -0.4 is 4.74 Å². The Morgan fingerprint density at radius 1 is 1.25 bits per heavy atom. The van der Waals surface area contributed by atoms with Gasteiger partial charge in [-0.1, -0.05) is 18.2 Å². The average Bonchev–Trinajstić information content (AvgIpc) is 3.21. The molecule has 1 aliphatic rings. The second-order valence-corrected chi connectivity index (χ2v) is 6.21. The maximum atomic E-state index is 12.4. The van der Waals surface area contributed by atoms with Gasteiger partial charge in [-0.15, -0.1) is 0 Å². The van der Waals surface area contributed by atoms with Crippen molar-refractivity contribution in [3.05, 3.63) is 54.0 Å². The van der Waals surface area contributed by atoms with Crippen LogP contribution >= 0.6 is 0 Å². The molecular weight excluding hydrogens is 310 g/mol. The van der Waals surface area contributed by atoms with E-state index in [1.54, 1.807) is 19.1 Å². The third kappa shape index (κ3) is 3.27. The summed E-state index contributed by atoms with van der Waals surface area (Å²) < 4.78 is 11.1. The van der Waals surface area contributed by atoms with Gasteiger partial charge >= 0.3 is 5.97 Å². The van der Waals surface area contributed by atoms with Gasteiger partial charge in [-0.3, -0.25) is 9.59 Å². The molecule has 1 N–H and O–H groups in total. The van der Waals surface area contributed by atoms with Crippen LogP contribution in [0, 0.1) is 5.41 Å². The third-order valence-corrected chi connectivity index (χ3v) is 4.27. The number of amides is 1. The van der Waals surface area contributed by atoms with Gasteiger partial charge in [0.25, 0.3) is 5.91 Å². The topological polar surface area (TPSA) is 80.0 Å². The van der Waals surface area contributed by atoms with E-state index in [0.717, 1.165) is 5.75 Å². The lowest BCUT2D eigenvalue weighted by Crippen LogP contribution is -2.34. The fourth-order valence-electron chi connectivity index (χ4n) is 2.71. The van der Waals surface area contributed by atoms with Crippen LogP contribution in [0.15, 0.2) is 46.9 Å². The number of rotatable bonds is 5. The van der Waals surface area contributed by atoms with Gasteiger partial charge < -0.3 is 19.2 Å². The zero-order chi connectivity index (χ0) is 17.2. The van der Waals surface area contributed by atoms with Gasteiger partial charge in [0.1, 0.15) is 18.1 Å². The van der Waals surface area contributed by atoms with Crippen molar-refractivity contribution in [2.45, 2.75) is 20.0 Å². The maximum absolute atomic E-state index is 12.4. The molecule has 2 aromatic rings. The molecule has 0 aliphatic carbocycles. The highest BCUT2D eigenvalue weighted by Gasteiger charge is 2.42. The number of carbonyl (C=O) groups is 2. The normalized spacial score (nSPS) is 20.1. The van der Waals surface area contributed by atoms with Crippen molar-refractivity contribution in [1.82, 2.24) is 4.90 Å². The summed E-state index contributed by atoms with van der Waals surface area (Å²) >= 11 is 0. The molecule has 0 spiro atoms. The molecule has 1 atom stereocenters. The highest BCUT2D eigenvalue weighted by molar-refractivity contribution is 5.92. The number of ether oxygens (including phenoxy) is 1. The molecule has 0 unspecified atom stereocenters. The second-order valence-electron chi connectivity index (χ2n) is 6.21. The van der Waals surface area contributed by atoms with Crippen LogP contribution in [0.25, 0.3) is 0 Å². The maximum Gasteiger partial charge on any atom is 0.311 e. The number of para-hydroxylation sites is 1. The number of nitrogens with zero attached hydrogens (tertiary/aromatic N) is 1. The molecule has 1 saturated heterocycles. The van der Waals surface area contributed by atoms with Crippen LogP contribution in [0.5, 0.6) is 5.75 Å². The Bertz CT molecular complexity index is 739. The van der Waals surface area contributed by atoms with Gasteiger partial charge in [0.05, 0.1) is 5.41 Å². The summed E-state index contributed by atoms with van der Waals surface area (Å²) in [5.74, 6) is 0.303. The minimum atomic E-state index is -0.887. The lowest BCUT2D eigenvalue weighted by molar-refractivity contribution is -0.147. The highest BCUT2D eigenvalue weighted by atomic mass is 16.5. The van der Waals surface area contributed by atoms with Crippen molar-refractivity contribution in [2.24, 2.45) is 5.41 Å². The van der Waals surface area contributed by atoms with Crippen molar-refractivity contribution in [3.63, 3.8) is 0 Å². The van der Waals surface area contributed by atoms with Crippen LogP contribution in [0.1, 0.15) is 29.7 Å². The number of likely N-dealkylation sites (tertiary alicyclic amines) is 1. The molecule has 1 aromatic carbocycles. The van der Waals surface area contributed by atoms with E-state index in [2.05, 4.69) is 0 Å². The average molecular weight is 329 g/mol. The molecule has 126 valence electrons. The summed E-state index contributed by atoms with van der Waals surface area (Å²) in [6.45, 7) is 2.49. The number of hydrogen-bond acceptors (Lipinski definition) is 4. The van der Waals surface area contributed by atoms with Crippen molar-refractivity contribution < 1.29 is 23.8 Å². The second kappa shape index (κ2) is 6.39. The molecule has 1 aliphatic heterocycles. The van der Waals surface area contributed by atoms with Crippen LogP contribution in [0.2, 0.25) is 0 Å². The number of benzene rings is 1. The van der Waals surface area contributed by atoms with Crippen molar-refractivity contribution in [2.75, 3.05) is 13.1 Å². The minimum absolute atomic E-state index is 0.192. The molecule has 2 heterocycles. The molecule has 0 radical (unpaired) electrons. The summed E-state index contributed by atoms with van der Waals surface area (Å²) in [6, 6.07) is 12.6. The molecule has 6 heteroatoms. The van der Waals surface area contributed by atoms with Crippen molar-refractivity contribution >= 4 is 11.9 Å². The van der Waals surface area contributed by atoms with Crippen LogP contribution in [0.4, 0.5) is 0 Å². The van der Waals surface area contributed by atoms with Gasteiger partial charge in [0.15, 0.2) is 5.76 Å². The van der Waals surface area contributed by atoms with E-state index in [4.69, 9.17) is 9.15 Å². The highest BCUT2D eigenvalue weighted by Crippen LogP contribution is 2.31. The van der Waals surface area contributed by atoms with E-state index in [9.17, 15) is 14.7 Å². The largest absolute Gasteiger partial charge is 0.486 e. The van der Waals surface area contributed by atoms with Crippen LogP contribution in [0.3, 0.4) is 0 Å². The quantitative estimate of drug-likeness (QED) is 0.912. The van der Waals surface area contributed by atoms with Crippen molar-refractivity contribution in [3.8, 4) is 5.75 Å². The van der Waals surface area contributed by atoms with Gasteiger partial charge in [-0.2, -0.15) is 0 Å². The first kappa shape index (κ1) is 16.1. The smallest absolute Gasteiger partial charge is 0.311 e. The van der Waals surface area contributed by atoms with Crippen molar-refractivity contribution in [1.29, 1.82) is 0 Å². The first-order valence-electron chi connectivity index (χ1n) is 7.77. The van der Waals surface area contributed by atoms with Gasteiger partial charge in [-0.25, -0.2) is 0 Å². The molecule has 0 saturated carbocycles. The fraction of sp³-hybridized carbons (Fsp3) is 0.333. The van der Waals surface area contributed by atoms with E-state index in [1.807, 2.05) is 30.3 Å². The van der Waals surface area contributed by atoms with Gasteiger partial charge in [0, 0.05) is 13.1 Å². The molecular formula is C18H19NO5. The third-order valence-electron chi connectivity index (χ3n) is 4.27. The zero-order valence-electron chi connectivity index (χ0n) is 13.4. The molecule has 1 amide bonds. The Labute approximate surface area is 139 Å².